The number of aromatic nitrogens is 6. The number of anilines is 2. The molecule has 4 aromatic heterocycles. The third kappa shape index (κ3) is 19.1. The van der Waals surface area contributed by atoms with Gasteiger partial charge in [0.1, 0.15) is 115 Å². The van der Waals surface area contributed by atoms with Crippen molar-refractivity contribution >= 4 is 116 Å². The monoisotopic (exact) mass is 1650 g/mol. The van der Waals surface area contributed by atoms with Crippen LogP contribution in [0, 0.1) is 0 Å². The summed E-state index contributed by atoms with van der Waals surface area (Å²) in [5, 5.41) is 79.5. The molecule has 0 radical (unpaired) electrons. The lowest BCUT2D eigenvalue weighted by atomic mass is 9.97. The van der Waals surface area contributed by atoms with Crippen LogP contribution in [-0.4, -0.2) is 202 Å². The van der Waals surface area contributed by atoms with Gasteiger partial charge in [-0.05, 0) is 129 Å². The van der Waals surface area contributed by atoms with Crippen LogP contribution in [0.5, 0.6) is 11.5 Å². The first kappa shape index (κ1) is 85.6. The van der Waals surface area contributed by atoms with Gasteiger partial charge in [-0.15, -0.1) is 0 Å². The minimum atomic E-state index is -1.45. The summed E-state index contributed by atoms with van der Waals surface area (Å²) >= 11 is 12.4. The zero-order valence-corrected chi connectivity index (χ0v) is 65.0. The lowest BCUT2D eigenvalue weighted by molar-refractivity contribution is -0.139. The minimum Gasteiger partial charge on any atom is -0.484 e. The fourth-order valence-corrected chi connectivity index (χ4v) is 15.7. The summed E-state index contributed by atoms with van der Waals surface area (Å²) in [5.41, 5.74) is 21.7. The van der Waals surface area contributed by atoms with Gasteiger partial charge in [0.25, 0.3) is 23.6 Å². The summed E-state index contributed by atoms with van der Waals surface area (Å²) in [6.45, 7) is -0.0961. The summed E-state index contributed by atoms with van der Waals surface area (Å²) in [5.74, 6) is -4.41. The molecular weight excluding hydrogens is 1560 g/mol. The van der Waals surface area contributed by atoms with E-state index in [1.807, 2.05) is 12.1 Å². The first-order chi connectivity index (χ1) is 56.3. The van der Waals surface area contributed by atoms with Gasteiger partial charge >= 0.3 is 5.97 Å². The highest BCUT2D eigenvalue weighted by Gasteiger charge is 2.51. The SMILES string of the molecule is NCCCCCCCCc1cccc2c1C(=O)N(C1CCC(=O)NC1=O)C2=O.Nc1ncnc2c1ccn2[C@@H]1O[C@H]([C@H](O)c2ccc(Cl)c(OCC(=O)CCCCCCCCCc3cccc4c3C(=O)N(C3CCC(=O)NC3=O)C4=O)c2)[C@@H](O)[C@H]1O.Nc1ncnc2c1ccn2[C@@H]1O[C@H]([C@H](O)c2ccc(Cl)c(OCC(=O)O)c2)[C@@H](O)[C@H]1O. The number of aliphatic hydroxyl groups is 6. The summed E-state index contributed by atoms with van der Waals surface area (Å²) < 4.78 is 25.6. The van der Waals surface area contributed by atoms with E-state index >= 15 is 0 Å². The van der Waals surface area contributed by atoms with E-state index in [4.69, 9.17) is 64.5 Å². The Hall–Kier alpha value is -10.8. The number of Topliss-reactive ketones (excluding diaryl/α,β-unsaturated/α-hetero) is 1. The quantitative estimate of drug-likeness (QED) is 0.0166. The van der Waals surface area contributed by atoms with Gasteiger partial charge in [-0.1, -0.05) is 117 Å². The van der Waals surface area contributed by atoms with Crippen LogP contribution in [0.2, 0.25) is 10.0 Å². The number of carbonyl (C=O) groups is 10. The average molecular weight is 1650 g/mol. The first-order valence-corrected chi connectivity index (χ1v) is 39.5. The number of imide groups is 4. The van der Waals surface area contributed by atoms with E-state index in [9.17, 15) is 78.6 Å². The van der Waals surface area contributed by atoms with Crippen molar-refractivity contribution in [1.29, 1.82) is 0 Å². The summed E-state index contributed by atoms with van der Waals surface area (Å²) in [6.07, 6.45) is 7.66. The number of carbonyl (C=O) groups excluding carboxylic acids is 9. The predicted molar refractivity (Wildman–Crippen MR) is 420 cm³/mol. The molecule has 4 aromatic carbocycles. The Labute approximate surface area is 679 Å². The van der Waals surface area contributed by atoms with E-state index in [2.05, 4.69) is 30.6 Å². The molecule has 6 aliphatic heterocycles. The van der Waals surface area contributed by atoms with Gasteiger partial charge in [0.15, 0.2) is 24.8 Å². The largest absolute Gasteiger partial charge is 0.484 e. The van der Waals surface area contributed by atoms with Crippen molar-refractivity contribution in [3.05, 3.63) is 165 Å². The molecule has 6 aliphatic rings. The number of aliphatic carboxylic acids is 1. The number of hydrogen-bond donors (Lipinski definition) is 12. The Morgan fingerprint density at radius 1 is 0.521 bits per heavy atom. The molecule has 8 amide bonds. The zero-order valence-electron chi connectivity index (χ0n) is 63.5. The standard InChI is InChI=1S/C41H45ClN6O10.C21H27N3O4.C19H19ClN4O7/c42-27-14-13-23(32(51)35-33(52)34(53)41(58-35)47-18-17-26-36(43)44-21-45-37(26)47)19-29(27)57-20-24(49)11-7-5-3-1-2-4-6-9-22-10-8-12-25-31(22)40(56)48(39(25)55)28-15-16-30(50)46-38(28)54;22-13-6-4-2-1-3-5-8-14-9-7-10-15-18(14)21(28)24(20(15)27)16-11-12-17(25)23-19(16)26;20-10-2-1-8(5-11(10)30-6-12(25)26)13(27)16-14(28)15(29)19(31-16)24-4-3-9-17(21)22-7-23-18(9)24/h8,10,12-14,17-19,21,28,32-35,41,51-53H,1-7,9,11,15-16,20H2,(H2,43,44,45)(H,46,50,54);7,9-10,16H,1-6,8,11-13,22H2,(H,23,25,26);1-5,7,13-16,19,27-29H,6H2,(H,25,26)(H2,21,22,23)/t28?,32-,33+,34-,35-,41-;;13-,14+,15-,16-,19-/m1.1/s1. The lowest BCUT2D eigenvalue weighted by Gasteiger charge is -2.27. The van der Waals surface area contributed by atoms with Crippen LogP contribution in [0.3, 0.4) is 0 Å². The van der Waals surface area contributed by atoms with Gasteiger partial charge in [-0.2, -0.15) is 0 Å². The number of benzene rings is 4. The number of unbranched alkanes of at least 4 members (excludes halogenated alkanes) is 11. The second kappa shape index (κ2) is 38.5. The molecule has 0 aliphatic carbocycles. The van der Waals surface area contributed by atoms with Crippen LogP contribution in [-0.2, 0) is 51.1 Å². The van der Waals surface area contributed by atoms with Gasteiger partial charge in [0.2, 0.25) is 23.6 Å². The molecule has 0 saturated carbocycles. The molecule has 10 heterocycles. The average Bonchev–Trinajstić information content (AvgIpc) is 1.64. The van der Waals surface area contributed by atoms with Gasteiger partial charge < -0.3 is 81.0 Å². The number of hydrogen-bond acceptors (Lipinski definition) is 27. The highest BCUT2D eigenvalue weighted by Crippen LogP contribution is 2.43. The molecule has 4 saturated heterocycles. The van der Waals surface area contributed by atoms with Gasteiger partial charge in [-0.3, -0.25) is 63.6 Å². The molecule has 36 heteroatoms. The van der Waals surface area contributed by atoms with Crippen LogP contribution in [0.25, 0.3) is 22.1 Å². The second-order valence-electron chi connectivity index (χ2n) is 29.4. The van der Waals surface area contributed by atoms with Gasteiger partial charge in [0, 0.05) is 31.7 Å². The number of nitrogens with zero attached hydrogens (tertiary/aromatic N) is 8. The summed E-state index contributed by atoms with van der Waals surface area (Å²) in [6, 6.07) is 20.7. The van der Waals surface area contributed by atoms with E-state index < -0.39 is 127 Å². The number of nitrogen functional groups attached to an aromatic ring is 2. The van der Waals surface area contributed by atoms with Crippen molar-refractivity contribution in [2.75, 3.05) is 31.2 Å². The molecule has 4 fully saturated rings. The van der Waals surface area contributed by atoms with Crippen molar-refractivity contribution in [3.63, 3.8) is 0 Å². The maximum absolute atomic E-state index is 13.3. The molecule has 15 N–H and O–H groups in total. The number of nitrogens with two attached hydrogens (primary N) is 3. The third-order valence-electron chi connectivity index (χ3n) is 21.5. The molecule has 117 heavy (non-hydrogen) atoms. The van der Waals surface area contributed by atoms with Crippen LogP contribution < -0.4 is 37.3 Å². The molecule has 14 rings (SSSR count). The number of halogens is 2. The van der Waals surface area contributed by atoms with E-state index in [-0.39, 0.29) is 82.7 Å². The number of ketones is 1. The number of piperidine rings is 2. The summed E-state index contributed by atoms with van der Waals surface area (Å²) in [4.78, 5) is 141. The van der Waals surface area contributed by atoms with E-state index in [1.54, 1.807) is 54.9 Å². The molecule has 34 nitrogen and oxygen atoms in total. The van der Waals surface area contributed by atoms with Gasteiger partial charge in [-0.25, -0.2) is 24.7 Å². The van der Waals surface area contributed by atoms with Crippen LogP contribution in [0.1, 0.15) is 204 Å². The number of aliphatic hydroxyl groups excluding tert-OH is 6. The molecule has 0 spiro atoms. The second-order valence-corrected chi connectivity index (χ2v) is 30.2. The number of rotatable bonds is 32. The Kier molecular flexibility index (Phi) is 28.2. The molecule has 620 valence electrons. The number of nitrogens with one attached hydrogen (secondary N) is 2. The van der Waals surface area contributed by atoms with Crippen molar-refractivity contribution in [2.24, 2.45) is 5.73 Å². The predicted octanol–water partition coefficient (Wildman–Crippen LogP) is 6.15. The Morgan fingerprint density at radius 2 is 0.932 bits per heavy atom. The van der Waals surface area contributed by atoms with Crippen LogP contribution in [0.15, 0.2) is 110 Å². The zero-order chi connectivity index (χ0) is 83.5. The maximum atomic E-state index is 13.3. The Bertz CT molecular complexity index is 5060. The van der Waals surface area contributed by atoms with Crippen molar-refractivity contribution in [2.45, 2.75) is 202 Å². The number of carboxylic acids is 1. The smallest absolute Gasteiger partial charge is 0.341 e. The lowest BCUT2D eigenvalue weighted by Crippen LogP contribution is -2.54. The van der Waals surface area contributed by atoms with Crippen molar-refractivity contribution in [3.8, 4) is 11.5 Å². The third-order valence-corrected chi connectivity index (χ3v) is 22.2. The molecule has 2 unspecified atom stereocenters. The molecule has 8 aromatic rings. The molecule has 0 bridgehead atoms. The van der Waals surface area contributed by atoms with E-state index in [1.165, 1.54) is 52.1 Å². The molecule has 12 atom stereocenters. The normalized spacial score (nSPS) is 22.2. The van der Waals surface area contributed by atoms with Crippen molar-refractivity contribution in [1.82, 2.24) is 49.5 Å². The van der Waals surface area contributed by atoms with E-state index in [0.717, 1.165) is 111 Å². The number of amides is 8. The van der Waals surface area contributed by atoms with Crippen molar-refractivity contribution < 1.29 is 103 Å². The fraction of sp³-hybridized carbons (Fsp3) is 0.432. The maximum Gasteiger partial charge on any atom is 0.341 e. The number of carboxylic acid groups (broad SMARTS) is 1. The topological polar surface area (TPSA) is 519 Å². The van der Waals surface area contributed by atoms with Crippen LogP contribution >= 0.6 is 23.2 Å². The summed E-state index contributed by atoms with van der Waals surface area (Å²) in [7, 11) is 0. The first-order valence-electron chi connectivity index (χ1n) is 38.7. The number of fused-ring (bicyclic) bond motifs is 4. The minimum absolute atomic E-state index is 0.0498. The highest BCUT2D eigenvalue weighted by atomic mass is 35.5. The molecular formula is C81H91Cl2N13O21. The number of ether oxygens (including phenoxy) is 4. The van der Waals surface area contributed by atoms with Gasteiger partial charge in [0.05, 0.1) is 43.1 Å². The Morgan fingerprint density at radius 3 is 1.35 bits per heavy atom. The Balaban J connectivity index is 0.000000179. The van der Waals surface area contributed by atoms with Crippen LogP contribution in [0.4, 0.5) is 11.6 Å². The number of aryl methyl sites for hydroxylation is 2. The van der Waals surface area contributed by atoms with E-state index in [0.29, 0.717) is 69.1 Å². The fourth-order valence-electron chi connectivity index (χ4n) is 15.4. The highest BCUT2D eigenvalue weighted by molar-refractivity contribution is 6.32.